The molecule has 2 bridgehead atoms. The molecule has 0 amide bonds. The van der Waals surface area contributed by atoms with Gasteiger partial charge in [0.15, 0.2) is 0 Å². The predicted molar refractivity (Wildman–Crippen MR) is 39.4 cm³/mol. The first kappa shape index (κ1) is 7.06. The van der Waals surface area contributed by atoms with Crippen molar-refractivity contribution in [2.24, 2.45) is 0 Å². The molecule has 2 saturated heterocycles. The van der Waals surface area contributed by atoms with Crippen LogP contribution in [0, 0.1) is 0 Å². The molecule has 4 nitrogen and oxygen atoms in total. The van der Waals surface area contributed by atoms with Crippen LogP contribution in [0.25, 0.3) is 0 Å². The van der Waals surface area contributed by atoms with Crippen LogP contribution in [-0.4, -0.2) is 47.7 Å². The molecule has 0 radical (unpaired) electrons. The Labute approximate surface area is 65.2 Å². The van der Waals surface area contributed by atoms with Crippen LogP contribution in [-0.2, 0) is 4.79 Å². The van der Waals surface area contributed by atoms with Gasteiger partial charge in [0, 0.05) is 19.1 Å². The lowest BCUT2D eigenvalue weighted by Gasteiger charge is -2.27. The number of carboxylic acid groups (broad SMARTS) is 1. The predicted octanol–water partition coefficient (Wildman–Crippen LogP) is -0.883. The van der Waals surface area contributed by atoms with E-state index in [1.807, 2.05) is 7.05 Å². The van der Waals surface area contributed by atoms with Gasteiger partial charge in [-0.15, -0.1) is 0 Å². The third kappa shape index (κ3) is 0.795. The molecule has 2 heterocycles. The number of carbonyl (C=O) groups is 1. The van der Waals surface area contributed by atoms with Crippen LogP contribution in [0.4, 0.5) is 0 Å². The van der Waals surface area contributed by atoms with Crippen LogP contribution >= 0.6 is 0 Å². The third-order valence-corrected chi connectivity index (χ3v) is 2.81. The standard InChI is InChI=1S/C7H12N2O2/c1-9-4-7(6(10)11)2-5(9)3-8-7/h5,8H,2-4H2,1H3,(H,10,11). The molecular weight excluding hydrogens is 144 g/mol. The topological polar surface area (TPSA) is 52.6 Å². The van der Waals surface area contributed by atoms with Crippen LogP contribution in [0.15, 0.2) is 0 Å². The highest BCUT2D eigenvalue weighted by molar-refractivity contribution is 5.80. The largest absolute Gasteiger partial charge is 0.480 e. The fourth-order valence-electron chi connectivity index (χ4n) is 2.08. The molecule has 2 fully saturated rings. The molecule has 0 saturated carbocycles. The number of likely N-dealkylation sites (N-methyl/N-ethyl adjacent to an activating group) is 1. The summed E-state index contributed by atoms with van der Waals surface area (Å²) in [4.78, 5) is 13.0. The van der Waals surface area contributed by atoms with E-state index in [0.29, 0.717) is 12.6 Å². The minimum atomic E-state index is -0.704. The second-order valence-electron chi connectivity index (χ2n) is 3.54. The van der Waals surface area contributed by atoms with E-state index in [-0.39, 0.29) is 0 Å². The molecule has 0 aromatic rings. The lowest BCUT2D eigenvalue weighted by Crippen LogP contribution is -2.55. The number of hydrogen-bond donors (Lipinski definition) is 2. The molecule has 4 heteroatoms. The molecular formula is C7H12N2O2. The van der Waals surface area contributed by atoms with Crippen molar-refractivity contribution in [3.05, 3.63) is 0 Å². The summed E-state index contributed by atoms with van der Waals surface area (Å²) in [7, 11) is 1.98. The van der Waals surface area contributed by atoms with Gasteiger partial charge >= 0.3 is 5.97 Å². The molecule has 2 atom stereocenters. The van der Waals surface area contributed by atoms with E-state index in [4.69, 9.17) is 5.11 Å². The van der Waals surface area contributed by atoms with Gasteiger partial charge in [-0.05, 0) is 13.5 Å². The number of likely N-dealkylation sites (tertiary alicyclic amines) is 1. The molecule has 0 aromatic carbocycles. The van der Waals surface area contributed by atoms with Crippen molar-refractivity contribution in [2.75, 3.05) is 20.1 Å². The monoisotopic (exact) mass is 156 g/mol. The van der Waals surface area contributed by atoms with Gasteiger partial charge < -0.3 is 5.11 Å². The Morgan fingerprint density at radius 3 is 2.82 bits per heavy atom. The number of nitrogens with zero attached hydrogens (tertiary/aromatic N) is 1. The average molecular weight is 156 g/mol. The first-order chi connectivity index (χ1) is 5.14. The summed E-state index contributed by atoms with van der Waals surface area (Å²) in [6, 6.07) is 0.436. The number of nitrogens with one attached hydrogen (secondary N) is 1. The Morgan fingerprint density at radius 1 is 1.82 bits per heavy atom. The average Bonchev–Trinajstić information content (AvgIpc) is 2.44. The summed E-state index contributed by atoms with van der Waals surface area (Å²) < 4.78 is 0. The van der Waals surface area contributed by atoms with Gasteiger partial charge in [0.25, 0.3) is 0 Å². The summed E-state index contributed by atoms with van der Waals surface area (Å²) in [5.41, 5.74) is -0.626. The second kappa shape index (κ2) is 1.95. The number of rotatable bonds is 1. The zero-order chi connectivity index (χ0) is 8.06. The van der Waals surface area contributed by atoms with E-state index in [9.17, 15) is 4.79 Å². The molecule has 2 unspecified atom stereocenters. The maximum Gasteiger partial charge on any atom is 0.325 e. The summed E-state index contributed by atoms with van der Waals surface area (Å²) >= 11 is 0. The van der Waals surface area contributed by atoms with Crippen molar-refractivity contribution >= 4 is 5.97 Å². The summed E-state index contributed by atoms with van der Waals surface area (Å²) in [5.74, 6) is -0.704. The van der Waals surface area contributed by atoms with E-state index >= 15 is 0 Å². The fraction of sp³-hybridized carbons (Fsp3) is 0.857. The van der Waals surface area contributed by atoms with E-state index in [1.54, 1.807) is 0 Å². The Balaban J connectivity index is 2.23. The van der Waals surface area contributed by atoms with Gasteiger partial charge in [-0.2, -0.15) is 0 Å². The van der Waals surface area contributed by atoms with Gasteiger partial charge in [0.05, 0.1) is 0 Å². The van der Waals surface area contributed by atoms with E-state index in [0.717, 1.165) is 13.0 Å². The fourth-order valence-corrected chi connectivity index (χ4v) is 2.08. The van der Waals surface area contributed by atoms with Crippen molar-refractivity contribution in [1.82, 2.24) is 10.2 Å². The summed E-state index contributed by atoms with van der Waals surface area (Å²) in [6.45, 7) is 1.47. The van der Waals surface area contributed by atoms with Crippen molar-refractivity contribution in [1.29, 1.82) is 0 Å². The number of hydrogen-bond acceptors (Lipinski definition) is 3. The lowest BCUT2D eigenvalue weighted by molar-refractivity contribution is -0.144. The van der Waals surface area contributed by atoms with Crippen LogP contribution in [0.1, 0.15) is 6.42 Å². The maximum absolute atomic E-state index is 10.8. The highest BCUT2D eigenvalue weighted by Gasteiger charge is 2.53. The molecule has 2 aliphatic rings. The lowest BCUT2D eigenvalue weighted by atomic mass is 10.0. The van der Waals surface area contributed by atoms with Gasteiger partial charge in [-0.25, -0.2) is 0 Å². The van der Waals surface area contributed by atoms with Gasteiger partial charge in [0.1, 0.15) is 5.54 Å². The van der Waals surface area contributed by atoms with E-state index in [2.05, 4.69) is 10.2 Å². The van der Waals surface area contributed by atoms with Gasteiger partial charge in [-0.1, -0.05) is 0 Å². The highest BCUT2D eigenvalue weighted by Crippen LogP contribution is 2.31. The quantitative estimate of drug-likeness (QED) is 0.517. The van der Waals surface area contributed by atoms with Crippen molar-refractivity contribution in [3.8, 4) is 0 Å². The van der Waals surface area contributed by atoms with Gasteiger partial charge in [0.2, 0.25) is 0 Å². The third-order valence-electron chi connectivity index (χ3n) is 2.81. The molecule has 2 rings (SSSR count). The van der Waals surface area contributed by atoms with Crippen LogP contribution in [0.3, 0.4) is 0 Å². The summed E-state index contributed by atoms with van der Waals surface area (Å²) in [6.07, 6.45) is 0.763. The van der Waals surface area contributed by atoms with E-state index in [1.165, 1.54) is 0 Å². The van der Waals surface area contributed by atoms with Crippen molar-refractivity contribution < 1.29 is 9.90 Å². The Hall–Kier alpha value is -0.610. The first-order valence-corrected chi connectivity index (χ1v) is 3.83. The molecule has 0 spiro atoms. The molecule has 0 aromatic heterocycles. The SMILES string of the molecule is CN1CC2(C(=O)O)CC1CN2. The minimum Gasteiger partial charge on any atom is -0.480 e. The van der Waals surface area contributed by atoms with Crippen LogP contribution < -0.4 is 5.32 Å². The molecule has 62 valence electrons. The molecule has 11 heavy (non-hydrogen) atoms. The smallest absolute Gasteiger partial charge is 0.325 e. The highest BCUT2D eigenvalue weighted by atomic mass is 16.4. The number of carboxylic acids is 1. The minimum absolute atomic E-state index is 0.436. The summed E-state index contributed by atoms with van der Waals surface area (Å²) in [5, 5.41) is 12.0. The first-order valence-electron chi connectivity index (χ1n) is 3.83. The number of fused-ring (bicyclic) bond motifs is 2. The molecule has 0 aliphatic carbocycles. The zero-order valence-electron chi connectivity index (χ0n) is 6.50. The molecule has 2 aliphatic heterocycles. The Kier molecular flexibility index (Phi) is 1.25. The Bertz CT molecular complexity index is 203. The molecule has 2 N–H and O–H groups in total. The van der Waals surface area contributed by atoms with E-state index < -0.39 is 11.5 Å². The van der Waals surface area contributed by atoms with Crippen molar-refractivity contribution in [2.45, 2.75) is 18.0 Å². The van der Waals surface area contributed by atoms with Crippen LogP contribution in [0.2, 0.25) is 0 Å². The van der Waals surface area contributed by atoms with Crippen molar-refractivity contribution in [3.63, 3.8) is 0 Å². The number of aliphatic carboxylic acids is 1. The number of piperazine rings is 1. The Morgan fingerprint density at radius 2 is 2.55 bits per heavy atom. The second-order valence-corrected chi connectivity index (χ2v) is 3.54. The zero-order valence-corrected chi connectivity index (χ0v) is 6.50. The maximum atomic E-state index is 10.8. The normalized spacial score (nSPS) is 43.2. The van der Waals surface area contributed by atoms with Crippen LogP contribution in [0.5, 0.6) is 0 Å². The van der Waals surface area contributed by atoms with Gasteiger partial charge in [-0.3, -0.25) is 15.0 Å².